The number of rotatable bonds is 4. The van der Waals surface area contributed by atoms with Crippen molar-refractivity contribution in [2.45, 2.75) is 51.4 Å². The van der Waals surface area contributed by atoms with Gasteiger partial charge in [0.15, 0.2) is 0 Å². The van der Waals surface area contributed by atoms with E-state index in [4.69, 9.17) is 0 Å². The van der Waals surface area contributed by atoms with E-state index in [0.29, 0.717) is 12.4 Å². The molecule has 2 aliphatic rings. The number of carbonyl (C=O) groups excluding carboxylic acids is 1. The van der Waals surface area contributed by atoms with Crippen LogP contribution in [-0.2, 0) is 7.05 Å². The van der Waals surface area contributed by atoms with Crippen LogP contribution in [0.15, 0.2) is 18.5 Å². The molecule has 4 heterocycles. The van der Waals surface area contributed by atoms with Gasteiger partial charge in [0, 0.05) is 19.3 Å². The maximum absolute atomic E-state index is 12.5. The number of anilines is 2. The van der Waals surface area contributed by atoms with Gasteiger partial charge in [-0.05, 0) is 44.2 Å². The second-order valence-electron chi connectivity index (χ2n) is 7.99. The number of aromatic nitrogens is 4. The zero-order valence-electron chi connectivity index (χ0n) is 17.5. The van der Waals surface area contributed by atoms with Crippen LogP contribution in [-0.4, -0.2) is 55.5 Å². The largest absolute Gasteiger partial charge is 0.405 e. The van der Waals surface area contributed by atoms with Crippen molar-refractivity contribution in [3.05, 3.63) is 35.4 Å². The molecule has 8 nitrogen and oxygen atoms in total. The Kier molecular flexibility index (Phi) is 5.36. The van der Waals surface area contributed by atoms with E-state index in [0.717, 1.165) is 41.1 Å². The Morgan fingerprint density at radius 2 is 2.03 bits per heavy atom. The van der Waals surface area contributed by atoms with Gasteiger partial charge in [0.1, 0.15) is 6.54 Å². The van der Waals surface area contributed by atoms with Crippen molar-refractivity contribution in [3.63, 3.8) is 0 Å². The lowest BCUT2D eigenvalue weighted by Gasteiger charge is -2.34. The molecule has 166 valence electrons. The van der Waals surface area contributed by atoms with E-state index in [1.165, 1.54) is 4.90 Å². The Balaban J connectivity index is 1.54. The summed E-state index contributed by atoms with van der Waals surface area (Å²) in [6, 6.07) is -1.06. The van der Waals surface area contributed by atoms with Gasteiger partial charge in [-0.15, -0.1) is 0 Å². The lowest BCUT2D eigenvalue weighted by molar-refractivity contribution is -0.123. The third-order valence-corrected chi connectivity index (χ3v) is 5.83. The number of amides is 2. The zero-order chi connectivity index (χ0) is 22.3. The fourth-order valence-electron chi connectivity index (χ4n) is 4.16. The maximum Gasteiger partial charge on any atom is 0.405 e. The average molecular weight is 435 g/mol. The average Bonchev–Trinajstić information content (AvgIpc) is 3.16. The van der Waals surface area contributed by atoms with Gasteiger partial charge in [-0.2, -0.15) is 18.3 Å². The number of aryl methyl sites for hydroxylation is 2. The summed E-state index contributed by atoms with van der Waals surface area (Å²) in [4.78, 5) is 22.9. The summed E-state index contributed by atoms with van der Waals surface area (Å²) in [5.41, 5.74) is 4.42. The Morgan fingerprint density at radius 1 is 1.26 bits per heavy atom. The third-order valence-electron chi connectivity index (χ3n) is 5.83. The molecule has 2 atom stereocenters. The molecule has 11 heteroatoms. The van der Waals surface area contributed by atoms with Gasteiger partial charge in [-0.1, -0.05) is 6.08 Å². The summed E-state index contributed by atoms with van der Waals surface area (Å²) < 4.78 is 39.2. The Labute approximate surface area is 177 Å². The van der Waals surface area contributed by atoms with Crippen LogP contribution in [0.5, 0.6) is 0 Å². The molecule has 2 aliphatic heterocycles. The Hall–Kier alpha value is -3.11. The summed E-state index contributed by atoms with van der Waals surface area (Å²) >= 11 is 0. The highest BCUT2D eigenvalue weighted by molar-refractivity contribution is 5.79. The van der Waals surface area contributed by atoms with Crippen LogP contribution in [0.1, 0.15) is 36.2 Å². The molecule has 2 aromatic heterocycles. The third kappa shape index (κ3) is 4.35. The number of fused-ring (bicyclic) bond motifs is 2. The second kappa shape index (κ2) is 7.86. The van der Waals surface area contributed by atoms with Crippen LogP contribution in [0.3, 0.4) is 0 Å². The normalized spacial score (nSPS) is 20.6. The molecule has 0 saturated carbocycles. The van der Waals surface area contributed by atoms with Crippen LogP contribution in [0, 0.1) is 13.8 Å². The van der Waals surface area contributed by atoms with Crippen LogP contribution < -0.4 is 10.6 Å². The van der Waals surface area contributed by atoms with E-state index < -0.39 is 18.8 Å². The SMILES string of the molecule is Cc1cnc(Nc2cnn(C)c2C)nc1C1=CC2CCC(C1)N2C(=O)NCC(F)(F)F. The van der Waals surface area contributed by atoms with E-state index in [2.05, 4.69) is 20.4 Å². The van der Waals surface area contributed by atoms with E-state index >= 15 is 0 Å². The molecular weight excluding hydrogens is 411 g/mol. The molecule has 0 aliphatic carbocycles. The smallest absolute Gasteiger partial charge is 0.329 e. The molecule has 0 aromatic carbocycles. The second-order valence-corrected chi connectivity index (χ2v) is 7.99. The number of carbonyl (C=O) groups is 1. The topological polar surface area (TPSA) is 88.0 Å². The van der Waals surface area contributed by atoms with Crippen molar-refractivity contribution in [2.75, 3.05) is 11.9 Å². The monoisotopic (exact) mass is 435 g/mol. The fourth-order valence-corrected chi connectivity index (χ4v) is 4.16. The maximum atomic E-state index is 12.5. The molecule has 2 unspecified atom stereocenters. The van der Waals surface area contributed by atoms with Crippen LogP contribution in [0.4, 0.5) is 29.6 Å². The summed E-state index contributed by atoms with van der Waals surface area (Å²) in [6.07, 6.45) is 2.97. The van der Waals surface area contributed by atoms with Gasteiger partial charge >= 0.3 is 12.2 Å². The van der Waals surface area contributed by atoms with Crippen LogP contribution >= 0.6 is 0 Å². The molecular formula is C20H24F3N7O. The molecule has 2 N–H and O–H groups in total. The van der Waals surface area contributed by atoms with Crippen molar-refractivity contribution in [1.29, 1.82) is 0 Å². The molecule has 1 fully saturated rings. The van der Waals surface area contributed by atoms with Crippen LogP contribution in [0.25, 0.3) is 5.57 Å². The fraction of sp³-hybridized carbons (Fsp3) is 0.500. The Bertz CT molecular complexity index is 1030. The first-order chi connectivity index (χ1) is 14.6. The van der Waals surface area contributed by atoms with Crippen LogP contribution in [0.2, 0.25) is 0 Å². The molecule has 2 bridgehead atoms. The minimum absolute atomic E-state index is 0.149. The van der Waals surface area contributed by atoms with Crippen molar-refractivity contribution >= 4 is 23.2 Å². The standard InChI is InChI=1S/C20H24F3N7O/c1-11-8-24-18(27-16-9-26-29(3)12(16)2)28-17(11)13-6-14-4-5-15(7-13)30(14)19(31)25-10-20(21,22)23/h6,8-9,14-15H,4-5,7,10H2,1-3H3,(H,25,31)(H,24,27,28). The lowest BCUT2D eigenvalue weighted by atomic mass is 9.96. The van der Waals surface area contributed by atoms with Gasteiger partial charge in [0.05, 0.1) is 29.3 Å². The first-order valence-electron chi connectivity index (χ1n) is 10.1. The number of hydrogen-bond acceptors (Lipinski definition) is 5. The summed E-state index contributed by atoms with van der Waals surface area (Å²) in [5, 5.41) is 9.37. The van der Waals surface area contributed by atoms with Crippen molar-refractivity contribution in [3.8, 4) is 0 Å². The Morgan fingerprint density at radius 3 is 2.68 bits per heavy atom. The molecule has 2 amide bonds. The lowest BCUT2D eigenvalue weighted by Crippen LogP contribution is -2.50. The van der Waals surface area contributed by atoms with Crippen molar-refractivity contribution in [2.24, 2.45) is 7.05 Å². The highest BCUT2D eigenvalue weighted by Crippen LogP contribution is 2.39. The quantitative estimate of drug-likeness (QED) is 0.768. The number of halogens is 3. The van der Waals surface area contributed by atoms with Gasteiger partial charge in [-0.25, -0.2) is 14.8 Å². The number of alkyl halides is 3. The molecule has 31 heavy (non-hydrogen) atoms. The van der Waals surface area contributed by atoms with E-state index in [1.807, 2.05) is 32.3 Å². The molecule has 0 spiro atoms. The highest BCUT2D eigenvalue weighted by Gasteiger charge is 2.41. The van der Waals surface area contributed by atoms with Crippen molar-refractivity contribution in [1.82, 2.24) is 30.0 Å². The number of urea groups is 1. The number of nitrogens with one attached hydrogen (secondary N) is 2. The summed E-state index contributed by atoms with van der Waals surface area (Å²) in [7, 11) is 1.85. The summed E-state index contributed by atoms with van der Waals surface area (Å²) in [5.74, 6) is 0.440. The van der Waals surface area contributed by atoms with Crippen molar-refractivity contribution < 1.29 is 18.0 Å². The van der Waals surface area contributed by atoms with Gasteiger partial charge < -0.3 is 15.5 Å². The molecule has 4 rings (SSSR count). The van der Waals surface area contributed by atoms with Gasteiger partial charge in [0.2, 0.25) is 5.95 Å². The highest BCUT2D eigenvalue weighted by atomic mass is 19.4. The van der Waals surface area contributed by atoms with Gasteiger partial charge in [-0.3, -0.25) is 4.68 Å². The number of nitrogens with zero attached hydrogens (tertiary/aromatic N) is 5. The molecule has 1 saturated heterocycles. The van der Waals surface area contributed by atoms with E-state index in [1.54, 1.807) is 17.1 Å². The predicted octanol–water partition coefficient (Wildman–Crippen LogP) is 3.46. The molecule has 2 aromatic rings. The summed E-state index contributed by atoms with van der Waals surface area (Å²) in [6.45, 7) is 2.52. The number of hydrogen-bond donors (Lipinski definition) is 2. The first kappa shape index (κ1) is 21.1. The van der Waals surface area contributed by atoms with Gasteiger partial charge in [0.25, 0.3) is 0 Å². The predicted molar refractivity (Wildman–Crippen MR) is 109 cm³/mol. The molecule has 0 radical (unpaired) electrons. The minimum atomic E-state index is -4.43. The van der Waals surface area contributed by atoms with E-state index in [-0.39, 0.29) is 12.1 Å². The zero-order valence-corrected chi connectivity index (χ0v) is 17.5. The minimum Gasteiger partial charge on any atom is -0.329 e. The first-order valence-corrected chi connectivity index (χ1v) is 10.1. The van der Waals surface area contributed by atoms with E-state index in [9.17, 15) is 18.0 Å².